The lowest BCUT2D eigenvalue weighted by Gasteiger charge is -2.10. The Morgan fingerprint density at radius 2 is 1.95 bits per heavy atom. The minimum atomic E-state index is -3.79. The van der Waals surface area contributed by atoms with Gasteiger partial charge in [0.2, 0.25) is 10.0 Å². The van der Waals surface area contributed by atoms with Crippen LogP contribution in [0.4, 0.5) is 5.69 Å². The van der Waals surface area contributed by atoms with Gasteiger partial charge in [0.15, 0.2) is 0 Å². The molecule has 1 aromatic carbocycles. The van der Waals surface area contributed by atoms with Gasteiger partial charge in [0.05, 0.1) is 15.1 Å². The lowest BCUT2D eigenvalue weighted by molar-refractivity contribution is 0.581. The number of hydrogen-bond acceptors (Lipinski definition) is 5. The lowest BCUT2D eigenvalue weighted by atomic mass is 10.3. The molecule has 2 rings (SSSR count). The molecule has 1 heterocycles. The van der Waals surface area contributed by atoms with E-state index in [2.05, 4.69) is 9.71 Å². The van der Waals surface area contributed by atoms with E-state index in [1.54, 1.807) is 0 Å². The van der Waals surface area contributed by atoms with E-state index in [0.717, 1.165) is 10.7 Å². The van der Waals surface area contributed by atoms with Crippen molar-refractivity contribution >= 4 is 50.2 Å². The predicted molar refractivity (Wildman–Crippen MR) is 86.6 cm³/mol. The van der Waals surface area contributed by atoms with E-state index in [4.69, 9.17) is 28.9 Å². The Balaban J connectivity index is 2.12. The zero-order valence-electron chi connectivity index (χ0n) is 11.1. The number of nitrogens with zero attached hydrogens (tertiary/aromatic N) is 1. The van der Waals surface area contributed by atoms with Crippen LogP contribution in [0.2, 0.25) is 10.0 Å². The number of sulfonamides is 1. The molecule has 0 unspecified atom stereocenters. The van der Waals surface area contributed by atoms with Crippen LogP contribution in [0, 0.1) is 6.92 Å². The number of rotatable bonds is 5. The lowest BCUT2D eigenvalue weighted by Crippen LogP contribution is -2.26. The highest BCUT2D eigenvalue weighted by molar-refractivity contribution is 7.89. The van der Waals surface area contributed by atoms with E-state index >= 15 is 0 Å². The van der Waals surface area contributed by atoms with Crippen LogP contribution >= 0.6 is 34.5 Å². The summed E-state index contributed by atoms with van der Waals surface area (Å²) in [7, 11) is -3.79. The molecule has 21 heavy (non-hydrogen) atoms. The van der Waals surface area contributed by atoms with Crippen molar-refractivity contribution in [3.05, 3.63) is 38.3 Å². The second-order valence-corrected chi connectivity index (χ2v) is 7.80. The van der Waals surface area contributed by atoms with Gasteiger partial charge in [-0.1, -0.05) is 23.2 Å². The van der Waals surface area contributed by atoms with Gasteiger partial charge in [0, 0.05) is 29.7 Å². The summed E-state index contributed by atoms with van der Waals surface area (Å²) in [6, 6.07) is 2.71. The number of thiazole rings is 1. The highest BCUT2D eigenvalue weighted by Crippen LogP contribution is 2.31. The quantitative estimate of drug-likeness (QED) is 0.797. The first kappa shape index (κ1) is 16.5. The molecule has 0 aliphatic carbocycles. The third kappa shape index (κ3) is 4.08. The zero-order valence-corrected chi connectivity index (χ0v) is 14.2. The van der Waals surface area contributed by atoms with Gasteiger partial charge in [0.1, 0.15) is 4.90 Å². The molecule has 0 amide bonds. The van der Waals surface area contributed by atoms with Crippen LogP contribution in [0.5, 0.6) is 0 Å². The number of aryl methyl sites for hydroxylation is 1. The van der Waals surface area contributed by atoms with E-state index in [1.807, 2.05) is 12.3 Å². The molecule has 3 N–H and O–H groups in total. The highest BCUT2D eigenvalue weighted by Gasteiger charge is 2.22. The maximum atomic E-state index is 12.2. The average molecular weight is 366 g/mol. The van der Waals surface area contributed by atoms with Gasteiger partial charge in [0.25, 0.3) is 0 Å². The van der Waals surface area contributed by atoms with Crippen LogP contribution in [0.25, 0.3) is 0 Å². The molecule has 9 heteroatoms. The topological polar surface area (TPSA) is 85.1 Å². The second-order valence-electron chi connectivity index (χ2n) is 4.34. The van der Waals surface area contributed by atoms with E-state index in [0.29, 0.717) is 12.1 Å². The van der Waals surface area contributed by atoms with Crippen molar-refractivity contribution < 1.29 is 8.42 Å². The van der Waals surface area contributed by atoms with Crippen molar-refractivity contribution in [3.8, 4) is 0 Å². The molecular weight excluding hydrogens is 353 g/mol. The number of nitrogens with two attached hydrogens (primary N) is 1. The summed E-state index contributed by atoms with van der Waals surface area (Å²) in [5.41, 5.74) is 6.79. The first-order valence-electron chi connectivity index (χ1n) is 5.95. The smallest absolute Gasteiger partial charge is 0.243 e. The summed E-state index contributed by atoms with van der Waals surface area (Å²) in [6.07, 6.45) is 0.502. The molecule has 0 atom stereocenters. The number of halogens is 2. The van der Waals surface area contributed by atoms with Crippen LogP contribution in [0.1, 0.15) is 10.7 Å². The maximum Gasteiger partial charge on any atom is 0.243 e. The molecule has 0 radical (unpaired) electrons. The highest BCUT2D eigenvalue weighted by atomic mass is 35.5. The van der Waals surface area contributed by atoms with Crippen molar-refractivity contribution in [2.45, 2.75) is 18.2 Å². The summed E-state index contributed by atoms with van der Waals surface area (Å²) in [5, 5.41) is 2.78. The Labute approximate surface area is 137 Å². The third-order valence-corrected chi connectivity index (χ3v) is 6.00. The molecule has 0 fully saturated rings. The Kier molecular flexibility index (Phi) is 5.11. The Hall–Kier alpha value is -0.860. The number of benzene rings is 1. The fourth-order valence-corrected chi connectivity index (χ4v) is 4.75. The van der Waals surface area contributed by atoms with E-state index in [1.165, 1.54) is 23.5 Å². The molecule has 0 bridgehead atoms. The van der Waals surface area contributed by atoms with Crippen LogP contribution in [0.3, 0.4) is 0 Å². The summed E-state index contributed by atoms with van der Waals surface area (Å²) in [4.78, 5) is 4.11. The normalized spacial score (nSPS) is 11.8. The zero-order chi connectivity index (χ0) is 15.6. The molecule has 1 aromatic heterocycles. The van der Waals surface area contributed by atoms with Gasteiger partial charge in [-0.05, 0) is 19.1 Å². The Bertz CT molecular complexity index is 737. The van der Waals surface area contributed by atoms with Gasteiger partial charge in [-0.2, -0.15) is 0 Å². The molecule has 0 aliphatic heterocycles. The second kappa shape index (κ2) is 6.50. The monoisotopic (exact) mass is 365 g/mol. The number of nitrogen functional groups attached to an aromatic ring is 1. The minimum absolute atomic E-state index is 0.00223. The van der Waals surface area contributed by atoms with Crippen LogP contribution in [-0.2, 0) is 16.4 Å². The first-order valence-corrected chi connectivity index (χ1v) is 9.06. The number of nitrogens with one attached hydrogen (secondary N) is 1. The van der Waals surface area contributed by atoms with Crippen molar-refractivity contribution in [2.75, 3.05) is 12.3 Å². The fraction of sp³-hybridized carbons (Fsp3) is 0.250. The third-order valence-electron chi connectivity index (χ3n) is 2.59. The Morgan fingerprint density at radius 3 is 2.48 bits per heavy atom. The van der Waals surface area contributed by atoms with Crippen molar-refractivity contribution in [1.29, 1.82) is 0 Å². The molecule has 0 saturated heterocycles. The maximum absolute atomic E-state index is 12.2. The van der Waals surface area contributed by atoms with Gasteiger partial charge in [-0.15, -0.1) is 11.3 Å². The molecule has 0 saturated carbocycles. The van der Waals surface area contributed by atoms with Gasteiger partial charge in [-0.25, -0.2) is 18.1 Å². The molecule has 5 nitrogen and oxygen atoms in total. The van der Waals surface area contributed by atoms with Crippen molar-refractivity contribution in [2.24, 2.45) is 0 Å². The molecule has 0 aliphatic rings. The average Bonchev–Trinajstić information content (AvgIpc) is 2.72. The molecule has 114 valence electrons. The van der Waals surface area contributed by atoms with E-state index < -0.39 is 10.0 Å². The largest absolute Gasteiger partial charge is 0.399 e. The summed E-state index contributed by atoms with van der Waals surface area (Å²) in [5.74, 6) is 0. The molecular formula is C12H13Cl2N3O2S2. The minimum Gasteiger partial charge on any atom is -0.399 e. The summed E-state index contributed by atoms with van der Waals surface area (Å²) < 4.78 is 26.9. The number of aromatic nitrogens is 1. The summed E-state index contributed by atoms with van der Waals surface area (Å²) in [6.45, 7) is 2.10. The first-order chi connectivity index (χ1) is 9.79. The predicted octanol–water partition coefficient (Wildman–Crippen LogP) is 2.86. The van der Waals surface area contributed by atoms with Crippen LogP contribution in [-0.4, -0.2) is 19.9 Å². The van der Waals surface area contributed by atoms with E-state index in [9.17, 15) is 8.42 Å². The SMILES string of the molecule is Cc1csc(CCNS(=O)(=O)c2c(Cl)cc(N)cc2Cl)n1. The van der Waals surface area contributed by atoms with Gasteiger partial charge < -0.3 is 5.73 Å². The number of hydrogen-bond donors (Lipinski definition) is 2. The van der Waals surface area contributed by atoms with Crippen molar-refractivity contribution in [1.82, 2.24) is 9.71 Å². The standard InChI is InChI=1S/C12H13Cl2N3O2S2/c1-7-6-20-11(17-7)2-3-16-21(18,19)12-9(13)4-8(15)5-10(12)14/h4-6,16H,2-3,15H2,1H3. The molecule has 2 aromatic rings. The molecule has 0 spiro atoms. The summed E-state index contributed by atoms with van der Waals surface area (Å²) >= 11 is 13.3. The van der Waals surface area contributed by atoms with Gasteiger partial charge in [-0.3, -0.25) is 0 Å². The Morgan fingerprint density at radius 1 is 1.33 bits per heavy atom. The van der Waals surface area contributed by atoms with Crippen LogP contribution in [0.15, 0.2) is 22.4 Å². The van der Waals surface area contributed by atoms with E-state index in [-0.39, 0.29) is 21.5 Å². The van der Waals surface area contributed by atoms with Gasteiger partial charge >= 0.3 is 0 Å². The number of anilines is 1. The van der Waals surface area contributed by atoms with Crippen LogP contribution < -0.4 is 10.5 Å². The fourth-order valence-electron chi connectivity index (χ4n) is 1.72. The van der Waals surface area contributed by atoms with Crippen molar-refractivity contribution in [3.63, 3.8) is 0 Å².